The Morgan fingerprint density at radius 3 is 2.61 bits per heavy atom. The molecule has 1 atom stereocenters. The van der Waals surface area contributed by atoms with Crippen LogP contribution in [0.3, 0.4) is 0 Å². The Labute approximate surface area is 166 Å². The smallest absolute Gasteiger partial charge is 0.221 e. The van der Waals surface area contributed by atoms with Crippen LogP contribution in [0.25, 0.3) is 16.9 Å². The van der Waals surface area contributed by atoms with E-state index in [9.17, 15) is 4.79 Å². The highest BCUT2D eigenvalue weighted by Gasteiger charge is 2.12. The molecule has 0 radical (unpaired) electrons. The fourth-order valence-electron chi connectivity index (χ4n) is 2.88. The standard InChI is InChI=1S/C22H27N5O/c1-3-17(2)25-21(28)11-14-24-15-19-16-27(20-7-5-4-6-8-20)26-22(19)18-9-12-23-13-10-18/h4-10,12-13,16-17,24H,3,11,14-15H2,1-2H3,(H,25,28). The van der Waals surface area contributed by atoms with Crippen LogP contribution in [0.15, 0.2) is 61.1 Å². The maximum atomic E-state index is 11.9. The number of carbonyl (C=O) groups is 1. The highest BCUT2D eigenvalue weighted by molar-refractivity contribution is 5.76. The zero-order valence-corrected chi connectivity index (χ0v) is 16.4. The predicted octanol–water partition coefficient (Wildman–Crippen LogP) is 3.33. The molecule has 2 N–H and O–H groups in total. The Hall–Kier alpha value is -2.99. The summed E-state index contributed by atoms with van der Waals surface area (Å²) in [6.45, 7) is 5.34. The summed E-state index contributed by atoms with van der Waals surface area (Å²) in [4.78, 5) is 16.0. The molecule has 6 heteroatoms. The quantitative estimate of drug-likeness (QED) is 0.561. The molecule has 0 spiro atoms. The molecule has 2 aromatic heterocycles. The predicted molar refractivity (Wildman–Crippen MR) is 111 cm³/mol. The third-order valence-corrected chi connectivity index (χ3v) is 4.63. The average Bonchev–Trinajstić information content (AvgIpc) is 3.16. The van der Waals surface area contributed by atoms with Gasteiger partial charge in [0.1, 0.15) is 0 Å². The minimum Gasteiger partial charge on any atom is -0.354 e. The van der Waals surface area contributed by atoms with Gasteiger partial charge in [-0.15, -0.1) is 0 Å². The lowest BCUT2D eigenvalue weighted by molar-refractivity contribution is -0.121. The van der Waals surface area contributed by atoms with Crippen molar-refractivity contribution in [1.82, 2.24) is 25.4 Å². The molecule has 0 aliphatic heterocycles. The molecular weight excluding hydrogens is 350 g/mol. The Morgan fingerprint density at radius 1 is 1.14 bits per heavy atom. The van der Waals surface area contributed by atoms with Crippen molar-refractivity contribution < 1.29 is 4.79 Å². The van der Waals surface area contributed by atoms with E-state index in [1.54, 1.807) is 12.4 Å². The number of para-hydroxylation sites is 1. The van der Waals surface area contributed by atoms with Gasteiger partial charge in [-0.3, -0.25) is 9.78 Å². The number of aromatic nitrogens is 3. The number of pyridine rings is 1. The first-order chi connectivity index (χ1) is 13.7. The molecular formula is C22H27N5O. The van der Waals surface area contributed by atoms with Crippen molar-refractivity contribution in [2.75, 3.05) is 6.54 Å². The third-order valence-electron chi connectivity index (χ3n) is 4.63. The summed E-state index contributed by atoms with van der Waals surface area (Å²) < 4.78 is 1.89. The number of hydrogen-bond acceptors (Lipinski definition) is 4. The molecule has 0 saturated heterocycles. The average molecular weight is 377 g/mol. The summed E-state index contributed by atoms with van der Waals surface area (Å²) in [5.41, 5.74) is 4.04. The highest BCUT2D eigenvalue weighted by Crippen LogP contribution is 2.23. The molecule has 3 aromatic rings. The van der Waals surface area contributed by atoms with Crippen LogP contribution < -0.4 is 10.6 Å². The van der Waals surface area contributed by atoms with Crippen LogP contribution in [0.5, 0.6) is 0 Å². The maximum Gasteiger partial charge on any atom is 0.221 e. The first kappa shape index (κ1) is 19.8. The van der Waals surface area contributed by atoms with Crippen molar-refractivity contribution >= 4 is 5.91 Å². The number of amides is 1. The minimum absolute atomic E-state index is 0.0798. The summed E-state index contributed by atoms with van der Waals surface area (Å²) in [5.74, 6) is 0.0798. The molecule has 0 saturated carbocycles. The van der Waals surface area contributed by atoms with Gasteiger partial charge < -0.3 is 10.6 Å². The number of rotatable bonds is 9. The zero-order chi connectivity index (χ0) is 19.8. The van der Waals surface area contributed by atoms with E-state index in [-0.39, 0.29) is 11.9 Å². The Morgan fingerprint density at radius 2 is 1.89 bits per heavy atom. The van der Waals surface area contributed by atoms with Gasteiger partial charge in [-0.25, -0.2) is 4.68 Å². The Bertz CT molecular complexity index is 876. The first-order valence-electron chi connectivity index (χ1n) is 9.71. The largest absolute Gasteiger partial charge is 0.354 e. The normalized spacial score (nSPS) is 11.9. The topological polar surface area (TPSA) is 71.8 Å². The van der Waals surface area contributed by atoms with Gasteiger partial charge in [0.05, 0.1) is 11.4 Å². The summed E-state index contributed by atoms with van der Waals surface area (Å²) in [6.07, 6.45) is 6.98. The van der Waals surface area contributed by atoms with E-state index in [0.717, 1.165) is 28.9 Å². The van der Waals surface area contributed by atoms with Gasteiger partial charge in [-0.1, -0.05) is 25.1 Å². The number of benzene rings is 1. The molecule has 1 aromatic carbocycles. The van der Waals surface area contributed by atoms with Crippen LogP contribution in [0, 0.1) is 0 Å². The molecule has 28 heavy (non-hydrogen) atoms. The van der Waals surface area contributed by atoms with E-state index >= 15 is 0 Å². The molecule has 2 heterocycles. The summed E-state index contributed by atoms with van der Waals surface area (Å²) in [7, 11) is 0. The molecule has 0 fully saturated rings. The van der Waals surface area contributed by atoms with Crippen molar-refractivity contribution in [1.29, 1.82) is 0 Å². The van der Waals surface area contributed by atoms with Gasteiger partial charge in [0.15, 0.2) is 0 Å². The van der Waals surface area contributed by atoms with Gasteiger partial charge in [0.25, 0.3) is 0 Å². The minimum atomic E-state index is 0.0798. The van der Waals surface area contributed by atoms with Gasteiger partial charge in [0.2, 0.25) is 5.91 Å². The summed E-state index contributed by atoms with van der Waals surface area (Å²) in [5, 5.41) is 11.1. The van der Waals surface area contributed by atoms with Gasteiger partial charge >= 0.3 is 0 Å². The van der Waals surface area contributed by atoms with Gasteiger partial charge in [-0.2, -0.15) is 5.10 Å². The fourth-order valence-corrected chi connectivity index (χ4v) is 2.88. The van der Waals surface area contributed by atoms with Crippen LogP contribution in [0.4, 0.5) is 0 Å². The monoisotopic (exact) mass is 377 g/mol. The lowest BCUT2D eigenvalue weighted by Crippen LogP contribution is -2.33. The molecule has 0 aliphatic carbocycles. The maximum absolute atomic E-state index is 11.9. The number of hydrogen-bond donors (Lipinski definition) is 2. The summed E-state index contributed by atoms with van der Waals surface area (Å²) in [6, 6.07) is 14.2. The SMILES string of the molecule is CCC(C)NC(=O)CCNCc1cn(-c2ccccc2)nc1-c1ccncc1. The van der Waals surface area contributed by atoms with Crippen LogP contribution in [0.2, 0.25) is 0 Å². The molecule has 6 nitrogen and oxygen atoms in total. The van der Waals surface area contributed by atoms with E-state index in [2.05, 4.69) is 22.5 Å². The van der Waals surface area contributed by atoms with Crippen molar-refractivity contribution in [3.05, 3.63) is 66.6 Å². The van der Waals surface area contributed by atoms with E-state index < -0.39 is 0 Å². The molecule has 1 amide bonds. The molecule has 0 bridgehead atoms. The van der Waals surface area contributed by atoms with E-state index in [1.165, 1.54) is 0 Å². The lowest BCUT2D eigenvalue weighted by Gasteiger charge is -2.11. The first-order valence-corrected chi connectivity index (χ1v) is 9.71. The third kappa shape index (κ3) is 5.27. The molecule has 0 aliphatic rings. The van der Waals surface area contributed by atoms with E-state index in [4.69, 9.17) is 5.10 Å². The molecule has 146 valence electrons. The van der Waals surface area contributed by atoms with Crippen molar-refractivity contribution in [2.24, 2.45) is 0 Å². The Balaban J connectivity index is 1.69. The van der Waals surface area contributed by atoms with Crippen LogP contribution in [-0.2, 0) is 11.3 Å². The second-order valence-electron chi connectivity index (χ2n) is 6.82. The number of nitrogens with zero attached hydrogens (tertiary/aromatic N) is 3. The summed E-state index contributed by atoms with van der Waals surface area (Å²) >= 11 is 0. The van der Waals surface area contributed by atoms with Crippen LogP contribution in [0.1, 0.15) is 32.3 Å². The van der Waals surface area contributed by atoms with Crippen molar-refractivity contribution in [3.63, 3.8) is 0 Å². The van der Waals surface area contributed by atoms with Gasteiger partial charge in [0, 0.05) is 55.3 Å². The second-order valence-corrected chi connectivity index (χ2v) is 6.82. The van der Waals surface area contributed by atoms with Crippen molar-refractivity contribution in [2.45, 2.75) is 39.3 Å². The van der Waals surface area contributed by atoms with E-state index in [0.29, 0.717) is 19.5 Å². The van der Waals surface area contributed by atoms with E-state index in [1.807, 2.05) is 60.3 Å². The molecule has 3 rings (SSSR count). The van der Waals surface area contributed by atoms with Gasteiger partial charge in [-0.05, 0) is 37.6 Å². The fraction of sp³-hybridized carbons (Fsp3) is 0.318. The number of nitrogens with one attached hydrogen (secondary N) is 2. The number of carbonyl (C=O) groups excluding carboxylic acids is 1. The van der Waals surface area contributed by atoms with Crippen molar-refractivity contribution in [3.8, 4) is 16.9 Å². The second kappa shape index (κ2) is 9.80. The van der Waals surface area contributed by atoms with Crippen LogP contribution in [-0.4, -0.2) is 33.3 Å². The van der Waals surface area contributed by atoms with Crippen LogP contribution >= 0.6 is 0 Å². The zero-order valence-electron chi connectivity index (χ0n) is 16.4. The molecule has 1 unspecified atom stereocenters. The Kier molecular flexibility index (Phi) is 6.92. The lowest BCUT2D eigenvalue weighted by atomic mass is 10.1. The highest BCUT2D eigenvalue weighted by atomic mass is 16.1.